The molecule has 0 aliphatic rings. The SMILES string of the molecule is Cc1c(C(=O)N(C)Cc2nccn2CC(F)(F)F)sc2ncn(C)c(=O)c12. The van der Waals surface area contributed by atoms with Crippen LogP contribution >= 0.6 is 11.3 Å². The van der Waals surface area contributed by atoms with Crippen molar-refractivity contribution in [3.8, 4) is 0 Å². The Labute approximate surface area is 155 Å². The second-order valence-electron chi connectivity index (χ2n) is 6.14. The minimum Gasteiger partial charge on any atom is -0.334 e. The van der Waals surface area contributed by atoms with E-state index in [4.69, 9.17) is 0 Å². The molecule has 0 atom stereocenters. The fraction of sp³-hybridized carbons (Fsp3) is 0.375. The lowest BCUT2D eigenvalue weighted by atomic mass is 10.2. The van der Waals surface area contributed by atoms with E-state index in [0.29, 0.717) is 20.7 Å². The number of hydrogen-bond acceptors (Lipinski definition) is 5. The molecule has 0 unspecified atom stereocenters. The molecule has 0 spiro atoms. The van der Waals surface area contributed by atoms with Crippen LogP contribution in [0.3, 0.4) is 0 Å². The molecule has 3 heterocycles. The third kappa shape index (κ3) is 3.72. The molecule has 0 N–H and O–H groups in total. The highest BCUT2D eigenvalue weighted by molar-refractivity contribution is 7.20. The number of thiophene rings is 1. The monoisotopic (exact) mass is 399 g/mol. The van der Waals surface area contributed by atoms with Crippen LogP contribution in [0, 0.1) is 6.92 Å². The molecule has 7 nitrogen and oxygen atoms in total. The number of halogens is 3. The topological polar surface area (TPSA) is 73.0 Å². The number of carbonyl (C=O) groups is 1. The molecule has 11 heteroatoms. The summed E-state index contributed by atoms with van der Waals surface area (Å²) in [5.41, 5.74) is 0.260. The highest BCUT2D eigenvalue weighted by Gasteiger charge is 2.29. The molecular formula is C16H16F3N5O2S. The predicted molar refractivity (Wildman–Crippen MR) is 93.7 cm³/mol. The van der Waals surface area contributed by atoms with Crippen molar-refractivity contribution in [3.05, 3.63) is 45.3 Å². The largest absolute Gasteiger partial charge is 0.406 e. The Kier molecular flexibility index (Phi) is 4.81. The van der Waals surface area contributed by atoms with Crippen molar-refractivity contribution in [1.82, 2.24) is 24.0 Å². The summed E-state index contributed by atoms with van der Waals surface area (Å²) in [4.78, 5) is 35.2. The Balaban J connectivity index is 1.88. The summed E-state index contributed by atoms with van der Waals surface area (Å²) in [6.45, 7) is 0.390. The first kappa shape index (κ1) is 19.1. The average Bonchev–Trinajstić information content (AvgIpc) is 3.13. The molecule has 1 amide bonds. The van der Waals surface area contributed by atoms with E-state index < -0.39 is 18.6 Å². The van der Waals surface area contributed by atoms with Crippen molar-refractivity contribution in [2.45, 2.75) is 26.2 Å². The van der Waals surface area contributed by atoms with Gasteiger partial charge < -0.3 is 14.0 Å². The van der Waals surface area contributed by atoms with Gasteiger partial charge in [-0.05, 0) is 12.5 Å². The van der Waals surface area contributed by atoms with E-state index in [-0.39, 0.29) is 17.9 Å². The highest BCUT2D eigenvalue weighted by Crippen LogP contribution is 2.28. The minimum atomic E-state index is -4.38. The fourth-order valence-electron chi connectivity index (χ4n) is 2.70. The molecule has 0 aromatic carbocycles. The molecule has 0 fully saturated rings. The van der Waals surface area contributed by atoms with E-state index in [2.05, 4.69) is 9.97 Å². The number of fused-ring (bicyclic) bond motifs is 1. The second-order valence-corrected chi connectivity index (χ2v) is 7.14. The maximum atomic E-state index is 12.8. The Morgan fingerprint density at radius 1 is 1.33 bits per heavy atom. The van der Waals surface area contributed by atoms with E-state index in [9.17, 15) is 22.8 Å². The Morgan fingerprint density at radius 3 is 2.70 bits per heavy atom. The van der Waals surface area contributed by atoms with Crippen molar-refractivity contribution in [1.29, 1.82) is 0 Å². The van der Waals surface area contributed by atoms with E-state index >= 15 is 0 Å². The third-order valence-electron chi connectivity index (χ3n) is 4.08. The Hall–Kier alpha value is -2.69. The standard InChI is InChI=1S/C16H16F3N5O2S/c1-9-11-13(21-8-23(3)14(11)25)27-12(9)15(26)22(2)6-10-20-4-5-24(10)7-16(17,18)19/h4-5,8H,6-7H2,1-3H3. The van der Waals surface area contributed by atoms with Gasteiger partial charge >= 0.3 is 6.18 Å². The lowest BCUT2D eigenvalue weighted by molar-refractivity contribution is -0.141. The molecule has 3 rings (SSSR count). The first-order valence-corrected chi connectivity index (χ1v) is 8.67. The number of rotatable bonds is 4. The van der Waals surface area contributed by atoms with Crippen LogP contribution in [-0.4, -0.2) is 43.1 Å². The highest BCUT2D eigenvalue weighted by atomic mass is 32.1. The number of aromatic nitrogens is 4. The normalized spacial score (nSPS) is 11.9. The van der Waals surface area contributed by atoms with Crippen LogP contribution in [0.4, 0.5) is 13.2 Å². The molecular weight excluding hydrogens is 383 g/mol. The molecule has 3 aromatic rings. The van der Waals surface area contributed by atoms with Crippen LogP contribution in [0.25, 0.3) is 10.2 Å². The van der Waals surface area contributed by atoms with E-state index in [0.717, 1.165) is 15.9 Å². The second kappa shape index (κ2) is 6.80. The Bertz CT molecular complexity index is 1070. The zero-order chi connectivity index (χ0) is 19.9. The predicted octanol–water partition coefficient (Wildman–Crippen LogP) is 2.33. The Morgan fingerprint density at radius 2 is 2.04 bits per heavy atom. The van der Waals surface area contributed by atoms with Crippen molar-refractivity contribution < 1.29 is 18.0 Å². The molecule has 0 radical (unpaired) electrons. The van der Waals surface area contributed by atoms with Gasteiger partial charge in [0.25, 0.3) is 11.5 Å². The van der Waals surface area contributed by atoms with Gasteiger partial charge in [0.2, 0.25) is 0 Å². The average molecular weight is 399 g/mol. The lowest BCUT2D eigenvalue weighted by Crippen LogP contribution is -2.29. The van der Waals surface area contributed by atoms with E-state index in [1.165, 1.54) is 35.2 Å². The maximum absolute atomic E-state index is 12.8. The van der Waals surface area contributed by atoms with Crippen LogP contribution < -0.4 is 5.56 Å². The van der Waals surface area contributed by atoms with Gasteiger partial charge in [-0.1, -0.05) is 0 Å². The summed E-state index contributed by atoms with van der Waals surface area (Å²) in [7, 11) is 3.05. The lowest BCUT2D eigenvalue weighted by Gasteiger charge is -2.18. The molecule has 144 valence electrons. The molecule has 0 saturated carbocycles. The number of alkyl halides is 3. The summed E-state index contributed by atoms with van der Waals surface area (Å²) in [6.07, 6.45) is -0.518. The van der Waals surface area contributed by atoms with Crippen molar-refractivity contribution in [3.63, 3.8) is 0 Å². The van der Waals surface area contributed by atoms with Gasteiger partial charge in [0.1, 0.15) is 17.2 Å². The number of amides is 1. The molecule has 27 heavy (non-hydrogen) atoms. The molecule has 3 aromatic heterocycles. The fourth-order valence-corrected chi connectivity index (χ4v) is 3.83. The summed E-state index contributed by atoms with van der Waals surface area (Å²) >= 11 is 1.09. The number of imidazole rings is 1. The van der Waals surface area contributed by atoms with Gasteiger partial charge in [-0.3, -0.25) is 9.59 Å². The van der Waals surface area contributed by atoms with Gasteiger partial charge in [-0.25, -0.2) is 9.97 Å². The van der Waals surface area contributed by atoms with Gasteiger partial charge in [0, 0.05) is 26.5 Å². The van der Waals surface area contributed by atoms with Gasteiger partial charge in [-0.15, -0.1) is 11.3 Å². The van der Waals surface area contributed by atoms with Gasteiger partial charge in [0.15, 0.2) is 0 Å². The number of nitrogens with zero attached hydrogens (tertiary/aromatic N) is 5. The smallest absolute Gasteiger partial charge is 0.334 e. The summed E-state index contributed by atoms with van der Waals surface area (Å²) in [5, 5.41) is 0.375. The zero-order valence-corrected chi connectivity index (χ0v) is 15.6. The van der Waals surface area contributed by atoms with Crippen molar-refractivity contribution in [2.24, 2.45) is 7.05 Å². The van der Waals surface area contributed by atoms with Crippen LogP contribution in [0.2, 0.25) is 0 Å². The summed E-state index contributed by atoms with van der Waals surface area (Å²) in [5.74, 6) is -0.282. The van der Waals surface area contributed by atoms with E-state index in [1.807, 2.05) is 0 Å². The van der Waals surface area contributed by atoms with Crippen molar-refractivity contribution >= 4 is 27.5 Å². The third-order valence-corrected chi connectivity index (χ3v) is 5.27. The van der Waals surface area contributed by atoms with Gasteiger partial charge in [-0.2, -0.15) is 13.2 Å². The number of hydrogen-bond donors (Lipinski definition) is 0. The van der Waals surface area contributed by atoms with Crippen LogP contribution in [-0.2, 0) is 20.1 Å². The zero-order valence-electron chi connectivity index (χ0n) is 14.7. The molecule has 0 bridgehead atoms. The maximum Gasteiger partial charge on any atom is 0.406 e. The number of aryl methyl sites for hydroxylation is 2. The van der Waals surface area contributed by atoms with Crippen LogP contribution in [0.1, 0.15) is 21.1 Å². The molecule has 0 saturated heterocycles. The minimum absolute atomic E-state index is 0.0962. The van der Waals surface area contributed by atoms with E-state index in [1.54, 1.807) is 14.0 Å². The molecule has 0 aliphatic heterocycles. The first-order chi connectivity index (χ1) is 12.6. The first-order valence-electron chi connectivity index (χ1n) is 7.85. The van der Waals surface area contributed by atoms with Crippen LogP contribution in [0.15, 0.2) is 23.5 Å². The van der Waals surface area contributed by atoms with Gasteiger partial charge in [0.05, 0.1) is 23.1 Å². The summed E-state index contributed by atoms with van der Waals surface area (Å²) in [6, 6.07) is 0. The quantitative estimate of drug-likeness (QED) is 0.675. The van der Waals surface area contributed by atoms with Crippen molar-refractivity contribution in [2.75, 3.05) is 7.05 Å². The number of carbonyl (C=O) groups excluding carboxylic acids is 1. The van der Waals surface area contributed by atoms with Crippen LogP contribution in [0.5, 0.6) is 0 Å². The summed E-state index contributed by atoms with van der Waals surface area (Å²) < 4.78 is 40.2. The molecule has 0 aliphatic carbocycles.